The minimum atomic E-state index is -4.60. The Balaban J connectivity index is 1.60. The van der Waals surface area contributed by atoms with Crippen LogP contribution < -0.4 is 16.2 Å². The van der Waals surface area contributed by atoms with Crippen LogP contribution in [0.25, 0.3) is 5.69 Å². The van der Waals surface area contributed by atoms with Gasteiger partial charge in [0.2, 0.25) is 10.0 Å². The number of carbonyl (C=O) groups excluding carboxylic acids is 1. The number of hydrogen-bond donors (Lipinski definition) is 2. The van der Waals surface area contributed by atoms with Gasteiger partial charge in [0.15, 0.2) is 0 Å². The molecular weight excluding hydrogens is 509 g/mol. The number of pyridine rings is 1. The van der Waals surface area contributed by atoms with Gasteiger partial charge in [-0.3, -0.25) is 14.2 Å². The highest BCUT2D eigenvalue weighted by atomic mass is 32.2. The highest BCUT2D eigenvalue weighted by Crippen LogP contribution is 2.30. The molecule has 2 N–H and O–H groups in total. The lowest BCUT2D eigenvalue weighted by atomic mass is 10.1. The maximum Gasteiger partial charge on any atom is 0.416 e. The number of aromatic nitrogens is 1. The van der Waals surface area contributed by atoms with E-state index in [2.05, 4.69) is 10.6 Å². The zero-order valence-corrected chi connectivity index (χ0v) is 20.7. The molecule has 0 radical (unpaired) electrons. The molecule has 1 amide bonds. The molecule has 0 saturated carbocycles. The third-order valence-corrected chi connectivity index (χ3v) is 8.06. The molecule has 1 saturated heterocycles. The molecule has 1 fully saturated rings. The Bertz CT molecular complexity index is 1480. The molecule has 0 aliphatic carbocycles. The van der Waals surface area contributed by atoms with Crippen LogP contribution in [0, 0.1) is 6.92 Å². The average Bonchev–Trinajstić information content (AvgIpc) is 2.88. The van der Waals surface area contributed by atoms with Crippen molar-refractivity contribution in [1.82, 2.24) is 19.5 Å². The number of alkyl halides is 3. The van der Waals surface area contributed by atoms with Crippen LogP contribution in [0.5, 0.6) is 0 Å². The third-order valence-electron chi connectivity index (χ3n) is 6.06. The van der Waals surface area contributed by atoms with Crippen LogP contribution >= 0.6 is 0 Å². The first kappa shape index (κ1) is 26.6. The summed E-state index contributed by atoms with van der Waals surface area (Å²) in [6.07, 6.45) is -4.60. The molecule has 8 nitrogen and oxygen atoms in total. The van der Waals surface area contributed by atoms with Gasteiger partial charge in [0.1, 0.15) is 5.56 Å². The summed E-state index contributed by atoms with van der Waals surface area (Å²) in [4.78, 5) is 26.2. The summed E-state index contributed by atoms with van der Waals surface area (Å²) in [6.45, 7) is 3.08. The molecular formula is C25H25F3N4O4S. The molecule has 1 aliphatic heterocycles. The van der Waals surface area contributed by atoms with Crippen molar-refractivity contribution in [2.45, 2.75) is 24.5 Å². The monoisotopic (exact) mass is 534 g/mol. The van der Waals surface area contributed by atoms with E-state index in [-0.39, 0.29) is 22.7 Å². The zero-order valence-electron chi connectivity index (χ0n) is 19.9. The number of piperazine rings is 1. The van der Waals surface area contributed by atoms with Crippen LogP contribution in [0.1, 0.15) is 27.2 Å². The lowest BCUT2D eigenvalue weighted by molar-refractivity contribution is -0.137. The minimum absolute atomic E-state index is 0.0283. The number of nitrogens with one attached hydrogen (secondary N) is 2. The van der Waals surface area contributed by atoms with Crippen molar-refractivity contribution < 1.29 is 26.4 Å². The van der Waals surface area contributed by atoms with Gasteiger partial charge >= 0.3 is 6.18 Å². The number of benzene rings is 2. The second kappa shape index (κ2) is 10.5. The van der Waals surface area contributed by atoms with E-state index in [1.54, 1.807) is 25.1 Å². The lowest BCUT2D eigenvalue weighted by Gasteiger charge is -2.27. The van der Waals surface area contributed by atoms with Crippen molar-refractivity contribution in [1.29, 1.82) is 0 Å². The molecule has 2 aromatic carbocycles. The van der Waals surface area contributed by atoms with E-state index in [1.807, 2.05) is 0 Å². The molecule has 1 aliphatic rings. The fourth-order valence-electron chi connectivity index (χ4n) is 4.14. The van der Waals surface area contributed by atoms with E-state index in [4.69, 9.17) is 0 Å². The average molecular weight is 535 g/mol. The summed E-state index contributed by atoms with van der Waals surface area (Å²) in [6, 6.07) is 13.3. The molecule has 0 bridgehead atoms. The van der Waals surface area contributed by atoms with E-state index < -0.39 is 33.2 Å². The lowest BCUT2D eigenvalue weighted by Crippen LogP contribution is -2.46. The van der Waals surface area contributed by atoms with Crippen LogP contribution in [-0.2, 0) is 22.7 Å². The molecule has 37 heavy (non-hydrogen) atoms. The largest absolute Gasteiger partial charge is 0.416 e. The third kappa shape index (κ3) is 5.60. The van der Waals surface area contributed by atoms with Crippen LogP contribution in [0.4, 0.5) is 13.2 Å². The molecule has 0 spiro atoms. The summed E-state index contributed by atoms with van der Waals surface area (Å²) in [7, 11) is -3.79. The molecule has 2 heterocycles. The number of sulfonamides is 1. The van der Waals surface area contributed by atoms with Gasteiger partial charge < -0.3 is 10.6 Å². The van der Waals surface area contributed by atoms with Crippen LogP contribution in [0.2, 0.25) is 0 Å². The number of amides is 1. The molecule has 196 valence electrons. The quantitative estimate of drug-likeness (QED) is 0.507. The van der Waals surface area contributed by atoms with Crippen molar-refractivity contribution >= 4 is 15.9 Å². The summed E-state index contributed by atoms with van der Waals surface area (Å²) in [5.74, 6) is -0.778. The van der Waals surface area contributed by atoms with Gasteiger partial charge in [-0.1, -0.05) is 24.3 Å². The maximum atomic E-state index is 13.2. The Labute approximate surface area is 211 Å². The molecule has 0 unspecified atom stereocenters. The van der Waals surface area contributed by atoms with Crippen LogP contribution in [0.15, 0.2) is 70.4 Å². The maximum absolute atomic E-state index is 13.2. The van der Waals surface area contributed by atoms with Gasteiger partial charge in [-0.2, -0.15) is 17.5 Å². The second-order valence-electron chi connectivity index (χ2n) is 8.52. The predicted molar refractivity (Wildman–Crippen MR) is 131 cm³/mol. The Morgan fingerprint density at radius 3 is 2.43 bits per heavy atom. The fraction of sp³-hybridized carbons (Fsp3) is 0.280. The first-order valence-electron chi connectivity index (χ1n) is 11.5. The smallest absolute Gasteiger partial charge is 0.348 e. The number of hydrogen-bond acceptors (Lipinski definition) is 5. The highest BCUT2D eigenvalue weighted by Gasteiger charge is 2.31. The Morgan fingerprint density at radius 1 is 1.03 bits per heavy atom. The van der Waals surface area contributed by atoms with Gasteiger partial charge in [0.05, 0.1) is 10.5 Å². The highest BCUT2D eigenvalue weighted by molar-refractivity contribution is 7.89. The molecule has 0 atom stereocenters. The minimum Gasteiger partial charge on any atom is -0.348 e. The Morgan fingerprint density at radius 2 is 1.73 bits per heavy atom. The van der Waals surface area contributed by atoms with Crippen molar-refractivity contribution in [3.63, 3.8) is 0 Å². The van der Waals surface area contributed by atoms with Crippen molar-refractivity contribution in [2.75, 3.05) is 26.2 Å². The van der Waals surface area contributed by atoms with Crippen molar-refractivity contribution in [3.05, 3.63) is 93.4 Å². The fourth-order valence-corrected chi connectivity index (χ4v) is 5.80. The van der Waals surface area contributed by atoms with Gasteiger partial charge in [0, 0.05) is 44.1 Å². The first-order chi connectivity index (χ1) is 17.5. The normalized spacial score (nSPS) is 14.9. The summed E-state index contributed by atoms with van der Waals surface area (Å²) in [5, 5.41) is 5.67. The number of nitrogens with zero attached hydrogens (tertiary/aromatic N) is 2. The first-order valence-corrected chi connectivity index (χ1v) is 12.9. The number of halogens is 3. The van der Waals surface area contributed by atoms with Crippen molar-refractivity contribution in [3.8, 4) is 5.69 Å². The van der Waals surface area contributed by atoms with E-state index in [0.29, 0.717) is 37.4 Å². The zero-order chi connectivity index (χ0) is 26.8. The SMILES string of the molecule is Cc1ccc(C(=O)NCc2ccccc2S(=O)(=O)N2CCNCC2)c(=O)n1-c1cccc(C(F)(F)F)c1. The molecule has 1 aromatic heterocycles. The van der Waals surface area contributed by atoms with E-state index >= 15 is 0 Å². The van der Waals surface area contributed by atoms with E-state index in [9.17, 15) is 31.2 Å². The van der Waals surface area contributed by atoms with E-state index in [1.165, 1.54) is 34.6 Å². The van der Waals surface area contributed by atoms with Crippen molar-refractivity contribution in [2.24, 2.45) is 0 Å². The van der Waals surface area contributed by atoms with Gasteiger partial charge in [0.25, 0.3) is 11.5 Å². The van der Waals surface area contributed by atoms with Gasteiger partial charge in [-0.05, 0) is 48.9 Å². The summed E-state index contributed by atoms with van der Waals surface area (Å²) in [5.41, 5.74) is -1.34. The summed E-state index contributed by atoms with van der Waals surface area (Å²) >= 11 is 0. The predicted octanol–water partition coefficient (Wildman–Crippen LogP) is 2.69. The van der Waals surface area contributed by atoms with Gasteiger partial charge in [-0.25, -0.2) is 8.42 Å². The number of carbonyl (C=O) groups is 1. The Hall–Kier alpha value is -3.48. The topological polar surface area (TPSA) is 101 Å². The van der Waals surface area contributed by atoms with E-state index in [0.717, 1.165) is 16.7 Å². The summed E-state index contributed by atoms with van der Waals surface area (Å²) < 4.78 is 68.3. The number of rotatable bonds is 6. The van der Waals surface area contributed by atoms with Crippen LogP contribution in [0.3, 0.4) is 0 Å². The van der Waals surface area contributed by atoms with Gasteiger partial charge in [-0.15, -0.1) is 0 Å². The molecule has 12 heteroatoms. The molecule has 3 aromatic rings. The van der Waals surface area contributed by atoms with Crippen LogP contribution in [-0.4, -0.2) is 49.4 Å². The second-order valence-corrected chi connectivity index (χ2v) is 10.4. The molecule has 4 rings (SSSR count). The Kier molecular flexibility index (Phi) is 7.53. The standard InChI is InChI=1S/C25H25F3N4O4S/c1-17-9-10-21(24(34)32(17)20-7-4-6-19(15-20)25(26,27)28)23(33)30-16-18-5-2-3-8-22(18)37(35,36)31-13-11-29-12-14-31/h2-10,15,29H,11-14,16H2,1H3,(H,30,33). The number of aryl methyl sites for hydroxylation is 1.